The molecule has 0 aromatic heterocycles. The fourth-order valence-electron chi connectivity index (χ4n) is 2.05. The Morgan fingerprint density at radius 1 is 1.17 bits per heavy atom. The van der Waals surface area contributed by atoms with Gasteiger partial charge in [-0.1, -0.05) is 0 Å². The van der Waals surface area contributed by atoms with E-state index < -0.39 is 42.7 Å². The molecule has 4 atom stereocenters. The fraction of sp³-hybridized carbons (Fsp3) is 0.500. The number of aliphatic hydroxyl groups is 3. The van der Waals surface area contributed by atoms with Crippen LogP contribution < -0.4 is 0 Å². The normalized spacial score (nSPS) is 31.9. The highest BCUT2D eigenvalue weighted by molar-refractivity contribution is 5.29. The summed E-state index contributed by atoms with van der Waals surface area (Å²) >= 11 is 0. The van der Waals surface area contributed by atoms with Gasteiger partial charge in [0.25, 0.3) is 0 Å². The first kappa shape index (κ1) is 13.4. The van der Waals surface area contributed by atoms with E-state index in [1.807, 2.05) is 0 Å². The molecular formula is C12H14F2O4. The second-order valence-electron chi connectivity index (χ2n) is 4.38. The van der Waals surface area contributed by atoms with Crippen LogP contribution in [0.15, 0.2) is 12.1 Å². The molecule has 0 spiro atoms. The van der Waals surface area contributed by atoms with E-state index in [4.69, 9.17) is 9.84 Å². The van der Waals surface area contributed by atoms with Crippen molar-refractivity contribution < 1.29 is 28.8 Å². The molecule has 4 nitrogen and oxygen atoms in total. The van der Waals surface area contributed by atoms with Gasteiger partial charge in [-0.25, -0.2) is 8.78 Å². The monoisotopic (exact) mass is 260 g/mol. The molecular weight excluding hydrogens is 246 g/mol. The number of aryl methyl sites for hydroxylation is 1. The van der Waals surface area contributed by atoms with Crippen LogP contribution >= 0.6 is 0 Å². The molecule has 1 fully saturated rings. The molecule has 0 radical (unpaired) electrons. The van der Waals surface area contributed by atoms with Crippen molar-refractivity contribution in [1.29, 1.82) is 0 Å². The molecule has 6 heteroatoms. The van der Waals surface area contributed by atoms with E-state index in [1.165, 1.54) is 13.0 Å². The van der Waals surface area contributed by atoms with E-state index in [9.17, 15) is 19.0 Å². The number of hydrogen-bond acceptors (Lipinski definition) is 4. The molecule has 0 amide bonds. The van der Waals surface area contributed by atoms with Crippen molar-refractivity contribution >= 4 is 0 Å². The van der Waals surface area contributed by atoms with Gasteiger partial charge in [0.2, 0.25) is 0 Å². The SMILES string of the molecule is Cc1cc([C@@H]2O[C@H](CO)C(O)[C@@H]2O)c(F)cc1F. The Bertz CT molecular complexity index is 452. The fourth-order valence-corrected chi connectivity index (χ4v) is 2.05. The molecule has 3 N–H and O–H groups in total. The molecule has 1 unspecified atom stereocenters. The van der Waals surface area contributed by atoms with Crippen molar-refractivity contribution in [3.05, 3.63) is 34.9 Å². The van der Waals surface area contributed by atoms with E-state index in [0.717, 1.165) is 0 Å². The first-order valence-electron chi connectivity index (χ1n) is 5.53. The summed E-state index contributed by atoms with van der Waals surface area (Å²) in [6, 6.07) is 1.93. The van der Waals surface area contributed by atoms with Gasteiger partial charge < -0.3 is 20.1 Å². The largest absolute Gasteiger partial charge is 0.394 e. The molecule has 18 heavy (non-hydrogen) atoms. The minimum atomic E-state index is -1.36. The third-order valence-electron chi connectivity index (χ3n) is 3.13. The summed E-state index contributed by atoms with van der Waals surface area (Å²) in [6.07, 6.45) is -4.75. The van der Waals surface area contributed by atoms with Crippen molar-refractivity contribution in [2.45, 2.75) is 31.3 Å². The predicted molar refractivity (Wildman–Crippen MR) is 57.8 cm³/mol. The Hall–Kier alpha value is -1.08. The summed E-state index contributed by atoms with van der Waals surface area (Å²) < 4.78 is 32.0. The van der Waals surface area contributed by atoms with E-state index in [-0.39, 0.29) is 11.1 Å². The third-order valence-corrected chi connectivity index (χ3v) is 3.13. The van der Waals surface area contributed by atoms with Crippen LogP contribution in [0.25, 0.3) is 0 Å². The van der Waals surface area contributed by atoms with Crippen LogP contribution in [0.2, 0.25) is 0 Å². The lowest BCUT2D eigenvalue weighted by atomic mass is 9.99. The lowest BCUT2D eigenvalue weighted by Crippen LogP contribution is -2.32. The van der Waals surface area contributed by atoms with Gasteiger partial charge in [-0.2, -0.15) is 0 Å². The Balaban J connectivity index is 2.35. The highest BCUT2D eigenvalue weighted by atomic mass is 19.1. The van der Waals surface area contributed by atoms with Gasteiger partial charge in [-0.3, -0.25) is 0 Å². The van der Waals surface area contributed by atoms with E-state index in [1.54, 1.807) is 0 Å². The van der Waals surface area contributed by atoms with Gasteiger partial charge in [0.1, 0.15) is 36.1 Å². The molecule has 0 bridgehead atoms. The van der Waals surface area contributed by atoms with Crippen LogP contribution in [-0.4, -0.2) is 40.2 Å². The van der Waals surface area contributed by atoms with Gasteiger partial charge in [0.15, 0.2) is 0 Å². The van der Waals surface area contributed by atoms with Crippen molar-refractivity contribution in [1.82, 2.24) is 0 Å². The second kappa shape index (κ2) is 4.89. The van der Waals surface area contributed by atoms with E-state index >= 15 is 0 Å². The van der Waals surface area contributed by atoms with Crippen molar-refractivity contribution in [3.8, 4) is 0 Å². The maximum Gasteiger partial charge on any atom is 0.132 e. The van der Waals surface area contributed by atoms with Gasteiger partial charge in [-0.15, -0.1) is 0 Å². The van der Waals surface area contributed by atoms with Crippen LogP contribution in [0.3, 0.4) is 0 Å². The van der Waals surface area contributed by atoms with Gasteiger partial charge >= 0.3 is 0 Å². The van der Waals surface area contributed by atoms with Crippen LogP contribution in [0.5, 0.6) is 0 Å². The van der Waals surface area contributed by atoms with Gasteiger partial charge in [0, 0.05) is 11.6 Å². The molecule has 1 aliphatic heterocycles. The molecule has 1 saturated heterocycles. The number of hydrogen-bond donors (Lipinski definition) is 3. The Labute approximate surface area is 102 Å². The molecule has 2 rings (SSSR count). The summed E-state index contributed by atoms with van der Waals surface area (Å²) in [5.74, 6) is -1.55. The van der Waals surface area contributed by atoms with E-state index in [0.29, 0.717) is 6.07 Å². The average Bonchev–Trinajstić information content (AvgIpc) is 2.61. The summed E-state index contributed by atoms with van der Waals surface area (Å²) in [7, 11) is 0. The lowest BCUT2D eigenvalue weighted by Gasteiger charge is -2.16. The number of aliphatic hydroxyl groups excluding tert-OH is 3. The van der Waals surface area contributed by atoms with Crippen molar-refractivity contribution in [2.24, 2.45) is 0 Å². The zero-order chi connectivity index (χ0) is 13.4. The number of rotatable bonds is 2. The van der Waals surface area contributed by atoms with Crippen LogP contribution in [0, 0.1) is 18.6 Å². The van der Waals surface area contributed by atoms with E-state index in [2.05, 4.69) is 0 Å². The first-order chi connectivity index (χ1) is 8.45. The highest BCUT2D eigenvalue weighted by Crippen LogP contribution is 2.35. The third kappa shape index (κ3) is 2.12. The predicted octanol–water partition coefficient (Wildman–Crippen LogP) is 0.427. The number of benzene rings is 1. The molecule has 100 valence electrons. The van der Waals surface area contributed by atoms with Gasteiger partial charge in [-0.05, 0) is 18.6 Å². The average molecular weight is 260 g/mol. The standard InChI is InChI=1S/C12H14F2O4/c1-5-2-6(8(14)3-7(5)13)12-11(17)10(16)9(4-15)18-12/h2-3,9-12,15-17H,4H2,1H3/t9-,10?,11+,12+/m1/s1. The molecule has 1 aliphatic rings. The van der Waals surface area contributed by atoms with Crippen LogP contribution in [0.4, 0.5) is 8.78 Å². The van der Waals surface area contributed by atoms with Gasteiger partial charge in [0.05, 0.1) is 6.61 Å². The first-order valence-corrected chi connectivity index (χ1v) is 5.53. The van der Waals surface area contributed by atoms with Crippen molar-refractivity contribution in [2.75, 3.05) is 6.61 Å². The minimum Gasteiger partial charge on any atom is -0.394 e. The molecule has 1 aromatic carbocycles. The maximum absolute atomic E-state index is 13.6. The Kier molecular flexibility index (Phi) is 3.63. The topological polar surface area (TPSA) is 69.9 Å². The summed E-state index contributed by atoms with van der Waals surface area (Å²) in [5, 5.41) is 28.3. The Morgan fingerprint density at radius 3 is 2.39 bits per heavy atom. The lowest BCUT2D eigenvalue weighted by molar-refractivity contribution is -0.0237. The van der Waals surface area contributed by atoms with Crippen molar-refractivity contribution in [3.63, 3.8) is 0 Å². The molecule has 1 heterocycles. The highest BCUT2D eigenvalue weighted by Gasteiger charge is 2.44. The molecule has 1 aromatic rings. The minimum absolute atomic E-state index is 0.0311. The smallest absolute Gasteiger partial charge is 0.132 e. The quantitative estimate of drug-likeness (QED) is 0.721. The summed E-state index contributed by atoms with van der Waals surface area (Å²) in [5.41, 5.74) is 0.181. The molecule has 0 saturated carbocycles. The zero-order valence-corrected chi connectivity index (χ0v) is 9.68. The second-order valence-corrected chi connectivity index (χ2v) is 4.38. The molecule has 0 aliphatic carbocycles. The van der Waals surface area contributed by atoms with Crippen LogP contribution in [-0.2, 0) is 4.74 Å². The summed E-state index contributed by atoms with van der Waals surface area (Å²) in [4.78, 5) is 0. The number of halogens is 2. The number of ether oxygens (including phenoxy) is 1. The van der Waals surface area contributed by atoms with Crippen LogP contribution in [0.1, 0.15) is 17.2 Å². The Morgan fingerprint density at radius 2 is 1.83 bits per heavy atom. The maximum atomic E-state index is 13.6. The zero-order valence-electron chi connectivity index (χ0n) is 9.68. The summed E-state index contributed by atoms with van der Waals surface area (Å²) in [6.45, 7) is 0.968.